The van der Waals surface area contributed by atoms with Crippen LogP contribution in [0.15, 0.2) is 60.8 Å². The van der Waals surface area contributed by atoms with E-state index in [1.807, 2.05) is 41.3 Å². The number of nitrogens with zero attached hydrogens (tertiary/aromatic N) is 2. The van der Waals surface area contributed by atoms with E-state index in [2.05, 4.69) is 29.0 Å². The highest BCUT2D eigenvalue weighted by Gasteiger charge is 2.26. The van der Waals surface area contributed by atoms with Crippen molar-refractivity contribution < 1.29 is 9.50 Å². The fourth-order valence-electron chi connectivity index (χ4n) is 3.99. The molecule has 1 aliphatic heterocycles. The summed E-state index contributed by atoms with van der Waals surface area (Å²) in [6, 6.07) is 18.5. The number of aromatic nitrogens is 1. The number of halogens is 1. The lowest BCUT2D eigenvalue weighted by atomic mass is 10.0. The molecule has 0 bridgehead atoms. The molecular weight excluding hydrogens is 327 g/mol. The molecule has 0 radical (unpaired) electrons. The monoisotopic (exact) mass is 352 g/mol. The summed E-state index contributed by atoms with van der Waals surface area (Å²) in [6.45, 7) is 1.61. The first-order chi connectivity index (χ1) is 12.7. The number of likely N-dealkylation sites (tertiary alicyclic amines) is 1. The molecule has 136 valence electrons. The molecule has 0 aliphatic carbocycles. The van der Waals surface area contributed by atoms with Crippen LogP contribution in [0.3, 0.4) is 0 Å². The van der Waals surface area contributed by atoms with Gasteiger partial charge in [-0.1, -0.05) is 42.5 Å². The van der Waals surface area contributed by atoms with E-state index in [4.69, 9.17) is 0 Å². The molecule has 1 atom stereocenters. The predicted molar refractivity (Wildman–Crippen MR) is 103 cm³/mol. The number of aliphatic hydroxyl groups is 1. The molecule has 26 heavy (non-hydrogen) atoms. The molecule has 0 spiro atoms. The molecule has 1 fully saturated rings. The molecule has 0 saturated carbocycles. The third kappa shape index (κ3) is 3.53. The number of piperidine rings is 1. The van der Waals surface area contributed by atoms with Crippen molar-refractivity contribution in [3.05, 3.63) is 71.9 Å². The van der Waals surface area contributed by atoms with Gasteiger partial charge in [0.05, 0.1) is 6.61 Å². The molecule has 1 N–H and O–H groups in total. The first-order valence-electron chi connectivity index (χ1n) is 9.37. The van der Waals surface area contributed by atoms with Gasteiger partial charge >= 0.3 is 0 Å². The zero-order valence-electron chi connectivity index (χ0n) is 14.9. The summed E-state index contributed by atoms with van der Waals surface area (Å²) in [5.74, 6) is 0. The summed E-state index contributed by atoms with van der Waals surface area (Å²) in [5, 5.41) is 10.6. The SMILES string of the molecule is OCc1ccc2ccn(C3CCN(C(F)Cc4ccccc4)CC3)c2c1. The van der Waals surface area contributed by atoms with Crippen LogP contribution in [0.4, 0.5) is 4.39 Å². The molecule has 2 aromatic carbocycles. The van der Waals surface area contributed by atoms with Crippen molar-refractivity contribution in [3.63, 3.8) is 0 Å². The molecule has 3 aromatic rings. The van der Waals surface area contributed by atoms with Gasteiger partial charge in [-0.05, 0) is 41.5 Å². The zero-order chi connectivity index (χ0) is 17.9. The highest BCUT2D eigenvalue weighted by molar-refractivity contribution is 5.81. The van der Waals surface area contributed by atoms with E-state index in [9.17, 15) is 9.50 Å². The van der Waals surface area contributed by atoms with Gasteiger partial charge in [0.25, 0.3) is 0 Å². The van der Waals surface area contributed by atoms with Crippen LogP contribution in [0.1, 0.15) is 30.0 Å². The highest BCUT2D eigenvalue weighted by atomic mass is 19.1. The minimum Gasteiger partial charge on any atom is -0.392 e. The van der Waals surface area contributed by atoms with Crippen molar-refractivity contribution >= 4 is 10.9 Å². The van der Waals surface area contributed by atoms with Gasteiger partial charge < -0.3 is 9.67 Å². The van der Waals surface area contributed by atoms with Crippen molar-refractivity contribution in [3.8, 4) is 0 Å². The molecule has 1 saturated heterocycles. The molecule has 1 unspecified atom stereocenters. The molecule has 2 heterocycles. The molecule has 4 rings (SSSR count). The van der Waals surface area contributed by atoms with E-state index in [0.717, 1.165) is 42.6 Å². The lowest BCUT2D eigenvalue weighted by molar-refractivity contribution is 0.0511. The Kier molecular flexibility index (Phi) is 5.05. The second-order valence-electron chi connectivity index (χ2n) is 7.17. The van der Waals surface area contributed by atoms with Gasteiger partial charge in [-0.2, -0.15) is 0 Å². The number of benzene rings is 2. The van der Waals surface area contributed by atoms with Crippen LogP contribution in [0.2, 0.25) is 0 Å². The van der Waals surface area contributed by atoms with Gasteiger partial charge in [0, 0.05) is 37.3 Å². The summed E-state index contributed by atoms with van der Waals surface area (Å²) >= 11 is 0. The molecule has 1 aliphatic rings. The fourth-order valence-corrected chi connectivity index (χ4v) is 3.99. The van der Waals surface area contributed by atoms with E-state index in [-0.39, 0.29) is 6.61 Å². The van der Waals surface area contributed by atoms with Gasteiger partial charge in [-0.3, -0.25) is 4.90 Å². The second kappa shape index (κ2) is 7.60. The predicted octanol–water partition coefficient (Wildman–Crippen LogP) is 4.31. The van der Waals surface area contributed by atoms with Crippen molar-refractivity contribution in [2.75, 3.05) is 13.1 Å². The maximum Gasteiger partial charge on any atom is 0.157 e. The van der Waals surface area contributed by atoms with Gasteiger partial charge in [-0.25, -0.2) is 4.39 Å². The summed E-state index contributed by atoms with van der Waals surface area (Å²) in [5.41, 5.74) is 3.15. The number of hydrogen-bond donors (Lipinski definition) is 1. The van der Waals surface area contributed by atoms with Crippen LogP contribution in [-0.2, 0) is 13.0 Å². The fraction of sp³-hybridized carbons (Fsp3) is 0.364. The highest BCUT2D eigenvalue weighted by Crippen LogP contribution is 2.29. The Labute approximate surface area is 153 Å². The Morgan fingerprint density at radius 1 is 1.00 bits per heavy atom. The first-order valence-corrected chi connectivity index (χ1v) is 9.37. The standard InChI is InChI=1S/C22H25FN2O/c23-22(15-17-4-2-1-3-5-17)24-11-9-20(10-12-24)25-13-8-19-7-6-18(16-26)14-21(19)25/h1-8,13-14,20,22,26H,9-12,15-16H2. The molecular formula is C22H25FN2O. The van der Waals surface area contributed by atoms with Crippen molar-refractivity contribution in [1.82, 2.24) is 9.47 Å². The van der Waals surface area contributed by atoms with Crippen LogP contribution in [0, 0.1) is 0 Å². The lowest BCUT2D eigenvalue weighted by Gasteiger charge is -2.35. The topological polar surface area (TPSA) is 28.4 Å². The number of aliphatic hydroxyl groups excluding tert-OH is 1. The summed E-state index contributed by atoms with van der Waals surface area (Å²) in [7, 11) is 0. The van der Waals surface area contributed by atoms with Gasteiger partial charge in [0.1, 0.15) is 0 Å². The molecule has 0 amide bonds. The van der Waals surface area contributed by atoms with Gasteiger partial charge in [-0.15, -0.1) is 0 Å². The van der Waals surface area contributed by atoms with Crippen LogP contribution in [0.25, 0.3) is 10.9 Å². The number of alkyl halides is 1. The van der Waals surface area contributed by atoms with E-state index in [1.165, 1.54) is 5.39 Å². The van der Waals surface area contributed by atoms with Crippen molar-refractivity contribution in [2.24, 2.45) is 0 Å². The average molecular weight is 352 g/mol. The quantitative estimate of drug-likeness (QED) is 0.693. The largest absolute Gasteiger partial charge is 0.392 e. The smallest absolute Gasteiger partial charge is 0.157 e. The summed E-state index contributed by atoms with van der Waals surface area (Å²) in [6.07, 6.45) is 3.56. The minimum absolute atomic E-state index is 0.0581. The molecule has 1 aromatic heterocycles. The minimum atomic E-state index is -0.916. The summed E-state index contributed by atoms with van der Waals surface area (Å²) < 4.78 is 17.0. The molecule has 4 heteroatoms. The van der Waals surface area contributed by atoms with Crippen LogP contribution in [-0.4, -0.2) is 34.0 Å². The normalized spacial score (nSPS) is 17.6. The van der Waals surface area contributed by atoms with Crippen LogP contribution < -0.4 is 0 Å². The average Bonchev–Trinajstić information content (AvgIpc) is 3.12. The Morgan fingerprint density at radius 3 is 2.50 bits per heavy atom. The number of hydrogen-bond acceptors (Lipinski definition) is 2. The number of rotatable bonds is 5. The Hall–Kier alpha value is -2.17. The van der Waals surface area contributed by atoms with Crippen molar-refractivity contribution in [2.45, 2.75) is 38.2 Å². The maximum atomic E-state index is 14.7. The second-order valence-corrected chi connectivity index (χ2v) is 7.17. The van der Waals surface area contributed by atoms with Crippen LogP contribution >= 0.6 is 0 Å². The maximum absolute atomic E-state index is 14.7. The third-order valence-electron chi connectivity index (χ3n) is 5.51. The van der Waals surface area contributed by atoms with E-state index >= 15 is 0 Å². The van der Waals surface area contributed by atoms with Crippen molar-refractivity contribution in [1.29, 1.82) is 0 Å². The van der Waals surface area contributed by atoms with E-state index < -0.39 is 6.30 Å². The third-order valence-corrected chi connectivity index (χ3v) is 5.51. The first kappa shape index (κ1) is 17.3. The lowest BCUT2D eigenvalue weighted by Crippen LogP contribution is -2.40. The van der Waals surface area contributed by atoms with Gasteiger partial charge in [0.2, 0.25) is 0 Å². The summed E-state index contributed by atoms with van der Waals surface area (Å²) in [4.78, 5) is 1.97. The van der Waals surface area contributed by atoms with E-state index in [0.29, 0.717) is 12.5 Å². The zero-order valence-corrected chi connectivity index (χ0v) is 14.9. The Bertz CT molecular complexity index is 853. The van der Waals surface area contributed by atoms with E-state index in [1.54, 1.807) is 0 Å². The van der Waals surface area contributed by atoms with Gasteiger partial charge in [0.15, 0.2) is 6.30 Å². The van der Waals surface area contributed by atoms with Crippen LogP contribution in [0.5, 0.6) is 0 Å². The Balaban J connectivity index is 1.42. The number of fused-ring (bicyclic) bond motifs is 1. The Morgan fingerprint density at radius 2 is 1.77 bits per heavy atom. The molecule has 3 nitrogen and oxygen atoms in total.